The highest BCUT2D eigenvalue weighted by Crippen LogP contribution is 2.34. The Morgan fingerprint density at radius 2 is 2.06 bits per heavy atom. The Hall–Kier alpha value is -0.840. The molecule has 0 unspecified atom stereocenters. The van der Waals surface area contributed by atoms with Gasteiger partial charge in [0.15, 0.2) is 0 Å². The maximum atomic E-state index is 11.1. The van der Waals surface area contributed by atoms with E-state index in [1.165, 1.54) is 11.3 Å². The molecule has 0 spiro atoms. The van der Waals surface area contributed by atoms with Crippen molar-refractivity contribution in [1.29, 1.82) is 0 Å². The molecule has 0 fully saturated rings. The van der Waals surface area contributed by atoms with Gasteiger partial charge in [-0.25, -0.2) is 4.79 Å². The van der Waals surface area contributed by atoms with E-state index in [9.17, 15) is 4.79 Å². The minimum absolute atomic E-state index is 0.271. The number of aromatic carboxylic acids is 1. The fraction of sp³-hybridized carbons (Fsp3) is 0. The zero-order valence-corrected chi connectivity index (χ0v) is 11.1. The lowest BCUT2D eigenvalue weighted by atomic mass is 10.1. The lowest BCUT2D eigenvalue weighted by Gasteiger charge is -2.03. The van der Waals surface area contributed by atoms with Gasteiger partial charge in [0.1, 0.15) is 0 Å². The van der Waals surface area contributed by atoms with E-state index in [0.717, 1.165) is 9.35 Å². The largest absolute Gasteiger partial charge is 0.478 e. The van der Waals surface area contributed by atoms with Crippen LogP contribution in [-0.2, 0) is 0 Å². The molecule has 1 aromatic carbocycles. The second-order valence-electron chi connectivity index (χ2n) is 3.10. The van der Waals surface area contributed by atoms with E-state index in [1.54, 1.807) is 18.2 Å². The number of thiophene rings is 1. The first-order valence-corrected chi connectivity index (χ1v) is 6.35. The molecule has 0 aliphatic heterocycles. The van der Waals surface area contributed by atoms with Gasteiger partial charge in [-0.05, 0) is 24.3 Å². The predicted molar refractivity (Wildman–Crippen MR) is 69.4 cm³/mol. The summed E-state index contributed by atoms with van der Waals surface area (Å²) in [5.41, 5.74) is 0.959. The van der Waals surface area contributed by atoms with Gasteiger partial charge in [-0.15, -0.1) is 11.3 Å². The molecule has 0 aliphatic carbocycles. The maximum absolute atomic E-state index is 11.1. The van der Waals surface area contributed by atoms with E-state index in [1.807, 2.05) is 12.1 Å². The molecule has 1 N–H and O–H groups in total. The summed E-state index contributed by atoms with van der Waals surface area (Å²) in [6, 6.07) is 8.76. The molecular weight excluding hydrogens is 312 g/mol. The molecular formula is C11H6BrClO2S. The first-order chi connectivity index (χ1) is 7.58. The Morgan fingerprint density at radius 1 is 1.31 bits per heavy atom. The topological polar surface area (TPSA) is 37.3 Å². The van der Waals surface area contributed by atoms with E-state index >= 15 is 0 Å². The van der Waals surface area contributed by atoms with Gasteiger partial charge in [0.2, 0.25) is 0 Å². The van der Waals surface area contributed by atoms with Crippen molar-refractivity contribution in [1.82, 2.24) is 0 Å². The van der Waals surface area contributed by atoms with Gasteiger partial charge >= 0.3 is 5.97 Å². The van der Waals surface area contributed by atoms with Crippen molar-refractivity contribution in [3.63, 3.8) is 0 Å². The molecule has 0 aliphatic rings. The highest BCUT2D eigenvalue weighted by Gasteiger charge is 2.13. The van der Waals surface area contributed by atoms with Crippen molar-refractivity contribution in [2.24, 2.45) is 0 Å². The van der Waals surface area contributed by atoms with Crippen LogP contribution < -0.4 is 0 Å². The van der Waals surface area contributed by atoms with Crippen LogP contribution in [-0.4, -0.2) is 11.1 Å². The zero-order valence-electron chi connectivity index (χ0n) is 7.91. The molecule has 0 saturated carbocycles. The van der Waals surface area contributed by atoms with Crippen molar-refractivity contribution in [2.75, 3.05) is 0 Å². The maximum Gasteiger partial charge on any atom is 0.336 e. The van der Waals surface area contributed by atoms with Gasteiger partial charge in [-0.3, -0.25) is 0 Å². The molecule has 1 heterocycles. The number of carboxylic acids is 1. The van der Waals surface area contributed by atoms with Crippen LogP contribution in [0, 0.1) is 0 Å². The Labute approximate surface area is 110 Å². The van der Waals surface area contributed by atoms with Crippen LogP contribution in [0.3, 0.4) is 0 Å². The molecule has 0 saturated heterocycles. The van der Waals surface area contributed by atoms with Crippen LogP contribution in [0.4, 0.5) is 0 Å². The average molecular weight is 318 g/mol. The second-order valence-corrected chi connectivity index (χ2v) is 5.73. The van der Waals surface area contributed by atoms with E-state index < -0.39 is 5.97 Å². The van der Waals surface area contributed by atoms with Gasteiger partial charge in [-0.1, -0.05) is 33.6 Å². The van der Waals surface area contributed by atoms with Crippen molar-refractivity contribution in [2.45, 2.75) is 0 Å². The summed E-state index contributed by atoms with van der Waals surface area (Å²) in [7, 11) is 0. The third kappa shape index (κ3) is 2.29. The van der Waals surface area contributed by atoms with Crippen LogP contribution in [0.2, 0.25) is 4.34 Å². The second kappa shape index (κ2) is 4.57. The minimum Gasteiger partial charge on any atom is -0.478 e. The summed E-state index contributed by atoms with van der Waals surface area (Å²) in [6.45, 7) is 0. The van der Waals surface area contributed by atoms with E-state index in [2.05, 4.69) is 15.9 Å². The number of hydrogen-bond donors (Lipinski definition) is 1. The normalized spacial score (nSPS) is 10.4. The summed E-state index contributed by atoms with van der Waals surface area (Å²) < 4.78 is 1.39. The third-order valence-electron chi connectivity index (χ3n) is 2.05. The predicted octanol–water partition coefficient (Wildman–Crippen LogP) is 4.53. The molecule has 5 heteroatoms. The molecule has 0 bridgehead atoms. The number of carbonyl (C=O) groups is 1. The third-order valence-corrected chi connectivity index (χ3v) is 3.81. The number of rotatable bonds is 2. The zero-order chi connectivity index (χ0) is 11.7. The van der Waals surface area contributed by atoms with Gasteiger partial charge in [0.25, 0.3) is 0 Å². The smallest absolute Gasteiger partial charge is 0.336 e. The van der Waals surface area contributed by atoms with Crippen LogP contribution in [0.1, 0.15) is 10.4 Å². The first-order valence-electron chi connectivity index (χ1n) is 4.36. The summed E-state index contributed by atoms with van der Waals surface area (Å²) in [6.07, 6.45) is 0. The summed E-state index contributed by atoms with van der Waals surface area (Å²) in [5.74, 6) is -0.944. The monoisotopic (exact) mass is 316 g/mol. The standard InChI is InChI=1S/C11H6BrClO2S/c12-6-1-2-7(8(5-6)11(14)15)9-3-4-10(13)16-9/h1-5H,(H,14,15). The average Bonchev–Trinajstić information content (AvgIpc) is 2.64. The van der Waals surface area contributed by atoms with Crippen molar-refractivity contribution in [3.8, 4) is 10.4 Å². The van der Waals surface area contributed by atoms with E-state index in [0.29, 0.717) is 9.90 Å². The number of hydrogen-bond acceptors (Lipinski definition) is 2. The van der Waals surface area contributed by atoms with Gasteiger partial charge < -0.3 is 5.11 Å². The fourth-order valence-corrected chi connectivity index (χ4v) is 2.81. The molecule has 1 aromatic heterocycles. The Balaban J connectivity index is 2.60. The minimum atomic E-state index is -0.944. The van der Waals surface area contributed by atoms with E-state index in [4.69, 9.17) is 16.7 Å². The quantitative estimate of drug-likeness (QED) is 0.883. The van der Waals surface area contributed by atoms with Crippen molar-refractivity contribution < 1.29 is 9.90 Å². The Bertz CT molecular complexity index is 551. The molecule has 0 radical (unpaired) electrons. The summed E-state index contributed by atoms with van der Waals surface area (Å²) in [5, 5.41) is 9.11. The molecule has 2 nitrogen and oxygen atoms in total. The molecule has 16 heavy (non-hydrogen) atoms. The van der Waals surface area contributed by atoms with Gasteiger partial charge in [-0.2, -0.15) is 0 Å². The Kier molecular flexibility index (Phi) is 3.33. The van der Waals surface area contributed by atoms with Gasteiger partial charge in [0, 0.05) is 14.9 Å². The fourth-order valence-electron chi connectivity index (χ4n) is 1.37. The van der Waals surface area contributed by atoms with Crippen molar-refractivity contribution >= 4 is 44.8 Å². The molecule has 2 rings (SSSR count). The first kappa shape index (κ1) is 11.6. The number of carboxylic acid groups (broad SMARTS) is 1. The van der Waals surface area contributed by atoms with Crippen LogP contribution >= 0.6 is 38.9 Å². The van der Waals surface area contributed by atoms with Gasteiger partial charge in [0.05, 0.1) is 9.90 Å². The lowest BCUT2D eigenvalue weighted by Crippen LogP contribution is -1.98. The van der Waals surface area contributed by atoms with Crippen LogP contribution in [0.25, 0.3) is 10.4 Å². The highest BCUT2D eigenvalue weighted by atomic mass is 79.9. The molecule has 0 atom stereocenters. The number of halogens is 2. The van der Waals surface area contributed by atoms with E-state index in [-0.39, 0.29) is 5.56 Å². The van der Waals surface area contributed by atoms with Crippen molar-refractivity contribution in [3.05, 3.63) is 44.7 Å². The molecule has 2 aromatic rings. The molecule has 82 valence electrons. The molecule has 0 amide bonds. The number of benzene rings is 1. The van der Waals surface area contributed by atoms with Crippen LogP contribution in [0.5, 0.6) is 0 Å². The highest BCUT2D eigenvalue weighted by molar-refractivity contribution is 9.10. The lowest BCUT2D eigenvalue weighted by molar-refractivity contribution is 0.0697. The summed E-state index contributed by atoms with van der Waals surface area (Å²) >= 11 is 10.5. The Morgan fingerprint density at radius 3 is 2.62 bits per heavy atom. The van der Waals surface area contributed by atoms with Crippen LogP contribution in [0.15, 0.2) is 34.8 Å². The summed E-state index contributed by atoms with van der Waals surface area (Å²) in [4.78, 5) is 12.0. The SMILES string of the molecule is O=C(O)c1cc(Br)ccc1-c1ccc(Cl)s1.